The summed E-state index contributed by atoms with van der Waals surface area (Å²) in [4.78, 5) is 0. The molecule has 1 aliphatic heterocycles. The van der Waals surface area contributed by atoms with Crippen LogP contribution in [0.15, 0.2) is 0 Å². The van der Waals surface area contributed by atoms with E-state index in [4.69, 9.17) is 15.2 Å². The Labute approximate surface area is 74.2 Å². The Morgan fingerprint density at radius 3 is 3.00 bits per heavy atom. The molecule has 0 aromatic rings. The fourth-order valence-corrected chi connectivity index (χ4v) is 1.34. The molecule has 0 saturated carbocycles. The average molecular weight is 173 g/mol. The lowest BCUT2D eigenvalue weighted by atomic mass is 10.1. The van der Waals surface area contributed by atoms with Crippen LogP contribution < -0.4 is 5.73 Å². The van der Waals surface area contributed by atoms with E-state index in [1.165, 1.54) is 0 Å². The fraction of sp³-hybridized carbons (Fsp3) is 1.00. The summed E-state index contributed by atoms with van der Waals surface area (Å²) in [6.07, 6.45) is 2.39. The van der Waals surface area contributed by atoms with E-state index in [9.17, 15) is 0 Å². The van der Waals surface area contributed by atoms with Crippen LogP contribution in [0.5, 0.6) is 0 Å². The van der Waals surface area contributed by atoms with Crippen molar-refractivity contribution in [2.45, 2.75) is 25.9 Å². The van der Waals surface area contributed by atoms with Crippen LogP contribution in [0.3, 0.4) is 0 Å². The standard InChI is InChI=1S/C9H19NO2/c1-2-9(5-10)12-7-8-3-4-11-6-8/h8-9H,2-7,10H2,1H3. The van der Waals surface area contributed by atoms with Gasteiger partial charge >= 0.3 is 0 Å². The van der Waals surface area contributed by atoms with Gasteiger partial charge in [-0.05, 0) is 12.8 Å². The molecule has 0 aliphatic carbocycles. The van der Waals surface area contributed by atoms with Gasteiger partial charge in [-0.2, -0.15) is 0 Å². The monoisotopic (exact) mass is 173 g/mol. The maximum Gasteiger partial charge on any atom is 0.0694 e. The van der Waals surface area contributed by atoms with Gasteiger partial charge in [0.05, 0.1) is 19.3 Å². The molecular weight excluding hydrogens is 154 g/mol. The fourth-order valence-electron chi connectivity index (χ4n) is 1.34. The largest absolute Gasteiger partial charge is 0.381 e. The molecular formula is C9H19NO2. The molecule has 3 heteroatoms. The zero-order valence-corrected chi connectivity index (χ0v) is 7.79. The van der Waals surface area contributed by atoms with Crippen LogP contribution in [0, 0.1) is 5.92 Å². The van der Waals surface area contributed by atoms with Gasteiger partial charge in [0.15, 0.2) is 0 Å². The lowest BCUT2D eigenvalue weighted by Gasteiger charge is -2.15. The SMILES string of the molecule is CCC(CN)OCC1CCOC1. The molecule has 0 bridgehead atoms. The summed E-state index contributed by atoms with van der Waals surface area (Å²) in [5.41, 5.74) is 5.51. The minimum atomic E-state index is 0.241. The van der Waals surface area contributed by atoms with Gasteiger partial charge in [-0.1, -0.05) is 6.92 Å². The maximum absolute atomic E-state index is 5.62. The normalized spacial score (nSPS) is 26.0. The second kappa shape index (κ2) is 5.51. The molecule has 72 valence electrons. The van der Waals surface area contributed by atoms with Crippen LogP contribution in [-0.2, 0) is 9.47 Å². The molecule has 1 saturated heterocycles. The highest BCUT2D eigenvalue weighted by Crippen LogP contribution is 2.13. The minimum Gasteiger partial charge on any atom is -0.381 e. The van der Waals surface area contributed by atoms with E-state index < -0.39 is 0 Å². The Bertz CT molecular complexity index is 107. The van der Waals surface area contributed by atoms with E-state index in [2.05, 4.69) is 6.92 Å². The Kier molecular flexibility index (Phi) is 4.58. The molecule has 2 unspecified atom stereocenters. The minimum absolute atomic E-state index is 0.241. The lowest BCUT2D eigenvalue weighted by Crippen LogP contribution is -2.25. The van der Waals surface area contributed by atoms with Gasteiger partial charge < -0.3 is 15.2 Å². The van der Waals surface area contributed by atoms with E-state index in [-0.39, 0.29) is 6.10 Å². The Hall–Kier alpha value is -0.120. The maximum atomic E-state index is 5.62. The predicted octanol–water partition coefficient (Wildman–Crippen LogP) is 0.777. The number of hydrogen-bond donors (Lipinski definition) is 1. The topological polar surface area (TPSA) is 44.5 Å². The van der Waals surface area contributed by atoms with Crippen molar-refractivity contribution in [2.75, 3.05) is 26.4 Å². The molecule has 0 spiro atoms. The quantitative estimate of drug-likeness (QED) is 0.668. The molecule has 3 nitrogen and oxygen atoms in total. The number of nitrogens with two attached hydrogens (primary N) is 1. The third kappa shape index (κ3) is 3.09. The van der Waals surface area contributed by atoms with Crippen molar-refractivity contribution in [2.24, 2.45) is 11.7 Å². The van der Waals surface area contributed by atoms with Crippen LogP contribution in [0.25, 0.3) is 0 Å². The Morgan fingerprint density at radius 2 is 2.50 bits per heavy atom. The second-order valence-corrected chi connectivity index (χ2v) is 3.33. The molecule has 0 amide bonds. The highest BCUT2D eigenvalue weighted by atomic mass is 16.5. The molecule has 0 radical (unpaired) electrons. The summed E-state index contributed by atoms with van der Waals surface area (Å²) < 4.78 is 10.9. The Morgan fingerprint density at radius 1 is 1.67 bits per heavy atom. The van der Waals surface area contributed by atoms with Crippen molar-refractivity contribution in [1.29, 1.82) is 0 Å². The molecule has 0 aromatic carbocycles. The van der Waals surface area contributed by atoms with Crippen LogP contribution in [0.1, 0.15) is 19.8 Å². The first-order valence-electron chi connectivity index (χ1n) is 4.76. The molecule has 2 N–H and O–H groups in total. The van der Waals surface area contributed by atoms with E-state index in [0.29, 0.717) is 12.5 Å². The first-order chi connectivity index (χ1) is 5.86. The van der Waals surface area contributed by atoms with Gasteiger partial charge in [-0.3, -0.25) is 0 Å². The molecule has 1 aliphatic rings. The summed E-state index contributed by atoms with van der Waals surface area (Å²) in [5.74, 6) is 0.602. The molecule has 1 fully saturated rings. The highest BCUT2D eigenvalue weighted by molar-refractivity contribution is 4.64. The van der Waals surface area contributed by atoms with Gasteiger partial charge in [0.25, 0.3) is 0 Å². The first kappa shape index (κ1) is 9.96. The van der Waals surface area contributed by atoms with Gasteiger partial charge in [0, 0.05) is 19.1 Å². The van der Waals surface area contributed by atoms with Crippen molar-refractivity contribution >= 4 is 0 Å². The molecule has 1 heterocycles. The van der Waals surface area contributed by atoms with Gasteiger partial charge in [0.1, 0.15) is 0 Å². The average Bonchev–Trinajstić information content (AvgIpc) is 2.59. The van der Waals surface area contributed by atoms with Gasteiger partial charge in [0.2, 0.25) is 0 Å². The van der Waals surface area contributed by atoms with E-state index in [1.54, 1.807) is 0 Å². The van der Waals surface area contributed by atoms with Crippen molar-refractivity contribution in [3.05, 3.63) is 0 Å². The summed E-state index contributed by atoms with van der Waals surface area (Å²) in [5, 5.41) is 0. The number of rotatable bonds is 5. The zero-order valence-electron chi connectivity index (χ0n) is 7.79. The Balaban J connectivity index is 2.06. The van der Waals surface area contributed by atoms with Crippen molar-refractivity contribution in [1.82, 2.24) is 0 Å². The predicted molar refractivity (Wildman–Crippen MR) is 48.0 cm³/mol. The molecule has 1 rings (SSSR count). The van der Waals surface area contributed by atoms with Gasteiger partial charge in [-0.15, -0.1) is 0 Å². The van der Waals surface area contributed by atoms with Crippen LogP contribution in [0.4, 0.5) is 0 Å². The second-order valence-electron chi connectivity index (χ2n) is 3.33. The summed E-state index contributed by atoms with van der Waals surface area (Å²) in [6.45, 7) is 5.30. The van der Waals surface area contributed by atoms with Crippen LogP contribution >= 0.6 is 0 Å². The third-order valence-electron chi connectivity index (χ3n) is 2.31. The summed E-state index contributed by atoms with van der Waals surface area (Å²) >= 11 is 0. The molecule has 2 atom stereocenters. The smallest absolute Gasteiger partial charge is 0.0694 e. The van der Waals surface area contributed by atoms with E-state index in [0.717, 1.165) is 32.7 Å². The lowest BCUT2D eigenvalue weighted by molar-refractivity contribution is 0.0292. The van der Waals surface area contributed by atoms with Crippen molar-refractivity contribution in [3.8, 4) is 0 Å². The number of ether oxygens (including phenoxy) is 2. The van der Waals surface area contributed by atoms with E-state index >= 15 is 0 Å². The van der Waals surface area contributed by atoms with Crippen molar-refractivity contribution < 1.29 is 9.47 Å². The number of hydrogen-bond acceptors (Lipinski definition) is 3. The van der Waals surface area contributed by atoms with Crippen LogP contribution in [0.2, 0.25) is 0 Å². The highest BCUT2D eigenvalue weighted by Gasteiger charge is 2.16. The summed E-state index contributed by atoms with van der Waals surface area (Å²) in [7, 11) is 0. The zero-order chi connectivity index (χ0) is 8.81. The van der Waals surface area contributed by atoms with E-state index in [1.807, 2.05) is 0 Å². The van der Waals surface area contributed by atoms with Gasteiger partial charge in [-0.25, -0.2) is 0 Å². The van der Waals surface area contributed by atoms with Crippen molar-refractivity contribution in [3.63, 3.8) is 0 Å². The van der Waals surface area contributed by atoms with Crippen LogP contribution in [-0.4, -0.2) is 32.5 Å². The molecule has 0 aromatic heterocycles. The first-order valence-corrected chi connectivity index (χ1v) is 4.76. The molecule has 12 heavy (non-hydrogen) atoms. The summed E-state index contributed by atoms with van der Waals surface area (Å²) in [6, 6.07) is 0. The third-order valence-corrected chi connectivity index (χ3v) is 2.31.